The van der Waals surface area contributed by atoms with Gasteiger partial charge in [-0.25, -0.2) is 4.79 Å². The van der Waals surface area contributed by atoms with Gasteiger partial charge in [0, 0.05) is 12.0 Å². The van der Waals surface area contributed by atoms with Crippen LogP contribution in [0.2, 0.25) is 0 Å². The van der Waals surface area contributed by atoms with Gasteiger partial charge in [-0.3, -0.25) is 4.79 Å². The van der Waals surface area contributed by atoms with Crippen LogP contribution in [-0.2, 0) is 29.3 Å². The van der Waals surface area contributed by atoms with Crippen molar-refractivity contribution in [2.24, 2.45) is 5.92 Å². The molecule has 0 radical (unpaired) electrons. The van der Waals surface area contributed by atoms with Crippen molar-refractivity contribution in [2.45, 2.75) is 24.8 Å². The Hall–Kier alpha value is -2.34. The zero-order chi connectivity index (χ0) is 17.3. The smallest absolute Gasteiger partial charge is 0.333 e. The molecular formula is C18H21NO5. The topological polar surface area (TPSA) is 65.1 Å². The van der Waals surface area contributed by atoms with Gasteiger partial charge in [0.25, 0.3) is 0 Å². The number of benzene rings is 1. The van der Waals surface area contributed by atoms with Gasteiger partial charge in [-0.15, -0.1) is 5.06 Å². The van der Waals surface area contributed by atoms with Crippen LogP contribution in [-0.4, -0.2) is 43.8 Å². The summed E-state index contributed by atoms with van der Waals surface area (Å²) in [6.07, 6.45) is 1.95. The van der Waals surface area contributed by atoms with Gasteiger partial charge in [0.15, 0.2) is 0 Å². The largest absolute Gasteiger partial charge is 0.468 e. The Labute approximate surface area is 140 Å². The quantitative estimate of drug-likeness (QED) is 0.622. The molecule has 0 spiro atoms. The molecular weight excluding hydrogens is 310 g/mol. The van der Waals surface area contributed by atoms with Crippen LogP contribution in [0.15, 0.2) is 42.2 Å². The van der Waals surface area contributed by atoms with Crippen molar-refractivity contribution in [2.75, 3.05) is 20.8 Å². The average molecular weight is 331 g/mol. The Morgan fingerprint density at radius 2 is 1.96 bits per heavy atom. The fourth-order valence-corrected chi connectivity index (χ4v) is 3.60. The maximum atomic E-state index is 12.3. The first kappa shape index (κ1) is 16.5. The number of rotatable bonds is 3. The van der Waals surface area contributed by atoms with E-state index in [1.54, 1.807) is 5.06 Å². The summed E-state index contributed by atoms with van der Waals surface area (Å²) in [7, 11) is 2.63. The Morgan fingerprint density at radius 1 is 1.25 bits per heavy atom. The van der Waals surface area contributed by atoms with E-state index in [-0.39, 0.29) is 17.2 Å². The highest BCUT2D eigenvalue weighted by Crippen LogP contribution is 2.46. The molecule has 0 unspecified atom stereocenters. The van der Waals surface area contributed by atoms with Gasteiger partial charge in [0.2, 0.25) is 0 Å². The minimum atomic E-state index is -0.625. The van der Waals surface area contributed by atoms with E-state index in [4.69, 9.17) is 9.57 Å². The highest BCUT2D eigenvalue weighted by Gasteiger charge is 2.55. The van der Waals surface area contributed by atoms with Gasteiger partial charge in [0.1, 0.15) is 11.7 Å². The monoisotopic (exact) mass is 331 g/mol. The molecule has 2 aliphatic heterocycles. The molecule has 1 aromatic rings. The van der Waals surface area contributed by atoms with Crippen LogP contribution in [0.25, 0.3) is 0 Å². The highest BCUT2D eigenvalue weighted by molar-refractivity contribution is 5.85. The summed E-state index contributed by atoms with van der Waals surface area (Å²) in [5.74, 6) is -1.30. The SMILES string of the molecule is COC(=O)/C=C1/ON2C[C@@](C)(c3ccccc3)C[C@@H]2[C@H]1C(=O)OC. The number of carbonyl (C=O) groups is 2. The van der Waals surface area contributed by atoms with E-state index in [9.17, 15) is 9.59 Å². The molecule has 0 aromatic heterocycles. The van der Waals surface area contributed by atoms with Gasteiger partial charge in [-0.1, -0.05) is 37.3 Å². The Bertz CT molecular complexity index is 671. The van der Waals surface area contributed by atoms with Gasteiger partial charge >= 0.3 is 11.9 Å². The second-order valence-corrected chi connectivity index (χ2v) is 6.44. The first-order valence-corrected chi connectivity index (χ1v) is 7.86. The van der Waals surface area contributed by atoms with E-state index >= 15 is 0 Å². The zero-order valence-corrected chi connectivity index (χ0v) is 14.0. The van der Waals surface area contributed by atoms with Crippen LogP contribution in [0.3, 0.4) is 0 Å². The van der Waals surface area contributed by atoms with Crippen molar-refractivity contribution in [3.63, 3.8) is 0 Å². The number of nitrogens with zero attached hydrogens (tertiary/aromatic N) is 1. The van der Waals surface area contributed by atoms with E-state index in [2.05, 4.69) is 23.8 Å². The number of ether oxygens (including phenoxy) is 2. The van der Waals surface area contributed by atoms with Crippen molar-refractivity contribution in [1.82, 2.24) is 5.06 Å². The van der Waals surface area contributed by atoms with Crippen LogP contribution >= 0.6 is 0 Å². The molecule has 0 N–H and O–H groups in total. The lowest BCUT2D eigenvalue weighted by Gasteiger charge is -2.25. The van der Waals surface area contributed by atoms with Crippen molar-refractivity contribution in [3.8, 4) is 0 Å². The molecule has 2 fully saturated rings. The molecule has 1 aromatic carbocycles. The summed E-state index contributed by atoms with van der Waals surface area (Å²) in [5, 5.41) is 1.78. The van der Waals surface area contributed by atoms with Crippen molar-refractivity contribution in [1.29, 1.82) is 0 Å². The second kappa shape index (κ2) is 6.28. The van der Waals surface area contributed by atoms with Crippen molar-refractivity contribution in [3.05, 3.63) is 47.7 Å². The molecule has 128 valence electrons. The summed E-state index contributed by atoms with van der Waals surface area (Å²) in [6.45, 7) is 2.79. The number of fused-ring (bicyclic) bond motifs is 1. The number of methoxy groups -OCH3 is 2. The molecule has 2 aliphatic rings. The molecule has 24 heavy (non-hydrogen) atoms. The van der Waals surface area contributed by atoms with E-state index < -0.39 is 17.9 Å². The van der Waals surface area contributed by atoms with Crippen LogP contribution in [0, 0.1) is 5.92 Å². The van der Waals surface area contributed by atoms with Crippen LogP contribution in [0.5, 0.6) is 0 Å². The summed E-state index contributed by atoms with van der Waals surface area (Å²) in [6, 6.07) is 9.99. The first-order valence-electron chi connectivity index (χ1n) is 7.86. The molecule has 2 heterocycles. The van der Waals surface area contributed by atoms with E-state index in [0.717, 1.165) is 6.42 Å². The molecule has 3 atom stereocenters. The molecule has 6 nitrogen and oxygen atoms in total. The number of hydroxylamine groups is 2. The highest BCUT2D eigenvalue weighted by atomic mass is 16.7. The van der Waals surface area contributed by atoms with Crippen LogP contribution in [0.1, 0.15) is 18.9 Å². The van der Waals surface area contributed by atoms with Gasteiger partial charge in [-0.05, 0) is 12.0 Å². The minimum absolute atomic E-state index is 0.130. The first-order chi connectivity index (χ1) is 11.5. The normalized spacial score (nSPS) is 30.7. The fourth-order valence-electron chi connectivity index (χ4n) is 3.60. The zero-order valence-electron chi connectivity index (χ0n) is 14.0. The standard InChI is InChI=1S/C18H21NO5/c1-18(12-7-5-4-6-8-12)10-13-16(17(21)23-3)14(9-15(20)22-2)24-19(13)11-18/h4-9,13,16H,10-11H2,1-3H3/b14-9+/t13-,16-,18+/m1/s1. The third-order valence-electron chi connectivity index (χ3n) is 4.84. The second-order valence-electron chi connectivity index (χ2n) is 6.44. The van der Waals surface area contributed by atoms with Crippen molar-refractivity contribution < 1.29 is 23.9 Å². The van der Waals surface area contributed by atoms with E-state index in [1.165, 1.54) is 25.9 Å². The maximum absolute atomic E-state index is 12.3. The van der Waals surface area contributed by atoms with Gasteiger partial charge in [-0.2, -0.15) is 0 Å². The summed E-state index contributed by atoms with van der Waals surface area (Å²) in [4.78, 5) is 29.6. The Kier molecular flexibility index (Phi) is 4.32. The van der Waals surface area contributed by atoms with E-state index in [1.807, 2.05) is 18.2 Å². The van der Waals surface area contributed by atoms with Crippen molar-refractivity contribution >= 4 is 11.9 Å². The molecule has 0 bridgehead atoms. The number of esters is 2. The third-order valence-corrected chi connectivity index (χ3v) is 4.84. The third kappa shape index (κ3) is 2.78. The summed E-state index contributed by atoms with van der Waals surface area (Å²) in [5.41, 5.74) is 1.07. The predicted molar refractivity (Wildman–Crippen MR) is 85.6 cm³/mol. The molecule has 2 saturated heterocycles. The number of hydrogen-bond acceptors (Lipinski definition) is 6. The average Bonchev–Trinajstić information content (AvgIpc) is 3.08. The molecule has 0 amide bonds. The van der Waals surface area contributed by atoms with Crippen LogP contribution < -0.4 is 0 Å². The number of carbonyl (C=O) groups excluding carboxylic acids is 2. The lowest BCUT2D eigenvalue weighted by atomic mass is 9.78. The molecule has 0 aliphatic carbocycles. The summed E-state index contributed by atoms with van der Waals surface area (Å²) < 4.78 is 9.56. The fraction of sp³-hybridized carbons (Fsp3) is 0.444. The molecule has 6 heteroatoms. The van der Waals surface area contributed by atoms with Gasteiger partial charge in [0.05, 0.1) is 26.3 Å². The molecule has 3 rings (SSSR count). The lowest BCUT2D eigenvalue weighted by molar-refractivity contribution is -0.144. The van der Waals surface area contributed by atoms with E-state index in [0.29, 0.717) is 6.54 Å². The van der Waals surface area contributed by atoms with Crippen LogP contribution in [0.4, 0.5) is 0 Å². The predicted octanol–water partition coefficient (Wildman–Crippen LogP) is 1.81. The Morgan fingerprint density at radius 3 is 2.58 bits per heavy atom. The van der Waals surface area contributed by atoms with Gasteiger partial charge < -0.3 is 14.3 Å². The summed E-state index contributed by atoms with van der Waals surface area (Å²) >= 11 is 0. The lowest BCUT2D eigenvalue weighted by Crippen LogP contribution is -2.30. The Balaban J connectivity index is 1.89. The maximum Gasteiger partial charge on any atom is 0.333 e. The number of hydrogen-bond donors (Lipinski definition) is 0. The minimum Gasteiger partial charge on any atom is -0.468 e. The molecule has 0 saturated carbocycles.